The summed E-state index contributed by atoms with van der Waals surface area (Å²) in [6, 6.07) is 13.5. The number of thioether (sulfide) groups is 1. The van der Waals surface area contributed by atoms with Crippen LogP contribution in [0, 0.1) is 13.8 Å². The lowest BCUT2D eigenvalue weighted by atomic mass is 10.1. The molecule has 2 heterocycles. The fourth-order valence-electron chi connectivity index (χ4n) is 4.00. The molecule has 1 aliphatic heterocycles. The quantitative estimate of drug-likeness (QED) is 0.402. The van der Waals surface area contributed by atoms with Crippen LogP contribution in [0.2, 0.25) is 0 Å². The highest BCUT2D eigenvalue weighted by molar-refractivity contribution is 8.00. The van der Waals surface area contributed by atoms with Gasteiger partial charge in [-0.15, -0.1) is 0 Å². The zero-order valence-corrected chi connectivity index (χ0v) is 20.6. The van der Waals surface area contributed by atoms with E-state index >= 15 is 0 Å². The molecule has 0 bridgehead atoms. The Morgan fingerprint density at radius 1 is 0.971 bits per heavy atom. The molecule has 34 heavy (non-hydrogen) atoms. The first kappa shape index (κ1) is 23.8. The number of ketones is 1. The summed E-state index contributed by atoms with van der Waals surface area (Å²) in [7, 11) is 0. The van der Waals surface area contributed by atoms with E-state index in [0.717, 1.165) is 37.0 Å². The number of Topliss-reactive ketones (excluding diaryl/α,β-unsaturated/α-hetero) is 1. The molecule has 1 saturated heterocycles. The predicted octanol–water partition coefficient (Wildman–Crippen LogP) is 4.35. The molecular formula is C26H29N5O2S. The number of nitrogens with zero attached hydrogens (tertiary/aromatic N) is 4. The van der Waals surface area contributed by atoms with Gasteiger partial charge in [-0.25, -0.2) is 9.97 Å². The first-order chi connectivity index (χ1) is 16.4. The molecule has 176 valence electrons. The van der Waals surface area contributed by atoms with Gasteiger partial charge in [-0.1, -0.05) is 36.0 Å². The zero-order chi connectivity index (χ0) is 24.1. The number of aryl methyl sites for hydroxylation is 2. The van der Waals surface area contributed by atoms with E-state index in [1.54, 1.807) is 36.7 Å². The van der Waals surface area contributed by atoms with Crippen molar-refractivity contribution < 1.29 is 9.59 Å². The maximum Gasteiger partial charge on any atom is 0.234 e. The number of benzene rings is 2. The Morgan fingerprint density at radius 2 is 1.71 bits per heavy atom. The first-order valence-electron chi connectivity index (χ1n) is 11.3. The molecule has 0 radical (unpaired) electrons. The van der Waals surface area contributed by atoms with Crippen LogP contribution in [0.5, 0.6) is 0 Å². The minimum Gasteiger partial charge on any atom is -0.368 e. The molecule has 2 aromatic carbocycles. The van der Waals surface area contributed by atoms with Crippen molar-refractivity contribution in [3.05, 3.63) is 71.5 Å². The summed E-state index contributed by atoms with van der Waals surface area (Å²) >= 11 is 1.37. The van der Waals surface area contributed by atoms with Crippen LogP contribution >= 0.6 is 11.8 Å². The van der Waals surface area contributed by atoms with E-state index in [9.17, 15) is 9.59 Å². The number of aromatic nitrogens is 2. The number of carbonyl (C=O) groups is 2. The number of hydrogen-bond acceptors (Lipinski definition) is 7. The normalized spacial score (nSPS) is 13.6. The van der Waals surface area contributed by atoms with E-state index < -0.39 is 0 Å². The molecule has 1 N–H and O–H groups in total. The molecule has 1 aromatic heterocycles. The molecule has 1 fully saturated rings. The van der Waals surface area contributed by atoms with E-state index in [1.807, 2.05) is 0 Å². The molecule has 0 unspecified atom stereocenters. The lowest BCUT2D eigenvalue weighted by molar-refractivity contribution is -0.113. The third kappa shape index (κ3) is 5.75. The lowest BCUT2D eigenvalue weighted by Gasteiger charge is -2.37. The molecule has 0 saturated carbocycles. The standard InChI is InChI=1S/C26H29N5O2S/c1-18-7-8-19(2)23(15-18)30-11-13-31(14-12-30)25-26(28-10-9-27-25)34-17-24(33)29-22-6-4-5-21(16-22)20(3)32/h4-10,15-16H,11-14,17H2,1-3H3,(H,29,33). The third-order valence-electron chi connectivity index (χ3n) is 5.82. The third-order valence-corrected chi connectivity index (χ3v) is 6.79. The molecular weight excluding hydrogens is 446 g/mol. The van der Waals surface area contributed by atoms with E-state index in [-0.39, 0.29) is 17.4 Å². The zero-order valence-electron chi connectivity index (χ0n) is 19.7. The Bertz CT molecular complexity index is 1190. The van der Waals surface area contributed by atoms with Gasteiger partial charge in [0, 0.05) is 55.5 Å². The maximum atomic E-state index is 12.5. The van der Waals surface area contributed by atoms with Gasteiger partial charge in [0.2, 0.25) is 5.91 Å². The van der Waals surface area contributed by atoms with Gasteiger partial charge >= 0.3 is 0 Å². The van der Waals surface area contributed by atoms with Crippen LogP contribution < -0.4 is 15.1 Å². The molecule has 0 atom stereocenters. The van der Waals surface area contributed by atoms with Crippen molar-refractivity contribution in [1.29, 1.82) is 0 Å². The number of piperazine rings is 1. The Kier molecular flexibility index (Phi) is 7.47. The van der Waals surface area contributed by atoms with E-state index in [0.29, 0.717) is 11.3 Å². The summed E-state index contributed by atoms with van der Waals surface area (Å²) in [6.45, 7) is 9.26. The summed E-state index contributed by atoms with van der Waals surface area (Å²) in [5.41, 5.74) is 5.03. The topological polar surface area (TPSA) is 78.4 Å². The second kappa shape index (κ2) is 10.7. The van der Waals surface area contributed by atoms with Gasteiger partial charge in [-0.05, 0) is 50.1 Å². The van der Waals surface area contributed by atoms with Crippen LogP contribution in [0.15, 0.2) is 59.9 Å². The summed E-state index contributed by atoms with van der Waals surface area (Å²) in [5, 5.41) is 3.61. The van der Waals surface area contributed by atoms with Gasteiger partial charge in [-0.2, -0.15) is 0 Å². The number of hydrogen-bond donors (Lipinski definition) is 1. The second-order valence-corrected chi connectivity index (χ2v) is 9.39. The number of anilines is 3. The minimum absolute atomic E-state index is 0.0349. The summed E-state index contributed by atoms with van der Waals surface area (Å²) in [5.74, 6) is 0.840. The summed E-state index contributed by atoms with van der Waals surface area (Å²) in [4.78, 5) is 37.8. The number of amides is 1. The van der Waals surface area contributed by atoms with Gasteiger partial charge in [0.25, 0.3) is 0 Å². The van der Waals surface area contributed by atoms with Crippen LogP contribution in [-0.2, 0) is 4.79 Å². The molecule has 0 spiro atoms. The fourth-order valence-corrected chi connectivity index (χ4v) is 4.79. The molecule has 1 aliphatic rings. The van der Waals surface area contributed by atoms with Crippen LogP contribution in [0.25, 0.3) is 0 Å². The Morgan fingerprint density at radius 3 is 2.47 bits per heavy atom. The van der Waals surface area contributed by atoms with Crippen LogP contribution in [-0.4, -0.2) is 53.6 Å². The van der Waals surface area contributed by atoms with Crippen LogP contribution in [0.1, 0.15) is 28.4 Å². The monoisotopic (exact) mass is 475 g/mol. The largest absolute Gasteiger partial charge is 0.368 e. The van der Waals surface area contributed by atoms with Crippen LogP contribution in [0.4, 0.5) is 17.2 Å². The molecule has 8 heteroatoms. The highest BCUT2D eigenvalue weighted by atomic mass is 32.2. The number of nitrogens with one attached hydrogen (secondary N) is 1. The Balaban J connectivity index is 1.37. The Labute approximate surface area is 204 Å². The SMILES string of the molecule is CC(=O)c1cccc(NC(=O)CSc2nccnc2N2CCN(c3cc(C)ccc3C)CC2)c1. The molecule has 1 amide bonds. The predicted molar refractivity (Wildman–Crippen MR) is 138 cm³/mol. The van der Waals surface area contributed by atoms with Crippen molar-refractivity contribution in [2.24, 2.45) is 0 Å². The number of rotatable bonds is 7. The maximum absolute atomic E-state index is 12.5. The average Bonchev–Trinajstić information content (AvgIpc) is 2.85. The van der Waals surface area contributed by atoms with Crippen LogP contribution in [0.3, 0.4) is 0 Å². The summed E-state index contributed by atoms with van der Waals surface area (Å²) < 4.78 is 0. The van der Waals surface area contributed by atoms with Gasteiger partial charge in [0.05, 0.1) is 5.75 Å². The molecule has 3 aromatic rings. The smallest absolute Gasteiger partial charge is 0.234 e. The van der Waals surface area contributed by atoms with Gasteiger partial charge < -0.3 is 15.1 Å². The van der Waals surface area contributed by atoms with Gasteiger partial charge in [0.1, 0.15) is 5.03 Å². The molecule has 7 nitrogen and oxygen atoms in total. The van der Waals surface area contributed by atoms with Crippen molar-refractivity contribution in [3.8, 4) is 0 Å². The molecule has 4 rings (SSSR count). The van der Waals surface area contributed by atoms with Crippen molar-refractivity contribution in [2.75, 3.05) is 47.0 Å². The lowest BCUT2D eigenvalue weighted by Crippen LogP contribution is -2.47. The van der Waals surface area contributed by atoms with E-state index in [1.165, 1.54) is 35.5 Å². The van der Waals surface area contributed by atoms with Gasteiger partial charge in [-0.3, -0.25) is 9.59 Å². The Hall–Kier alpha value is -3.39. The van der Waals surface area contributed by atoms with Gasteiger partial charge in [0.15, 0.2) is 11.6 Å². The van der Waals surface area contributed by atoms with Crippen molar-refractivity contribution in [1.82, 2.24) is 9.97 Å². The van der Waals surface area contributed by atoms with Crippen molar-refractivity contribution in [3.63, 3.8) is 0 Å². The van der Waals surface area contributed by atoms with Crippen molar-refractivity contribution in [2.45, 2.75) is 25.8 Å². The minimum atomic E-state index is -0.151. The van der Waals surface area contributed by atoms with E-state index in [4.69, 9.17) is 0 Å². The van der Waals surface area contributed by atoms with Crippen molar-refractivity contribution >= 4 is 40.6 Å². The number of carbonyl (C=O) groups excluding carboxylic acids is 2. The second-order valence-electron chi connectivity index (χ2n) is 8.42. The molecule has 0 aliphatic carbocycles. The first-order valence-corrected chi connectivity index (χ1v) is 12.3. The highest BCUT2D eigenvalue weighted by Gasteiger charge is 2.22. The highest BCUT2D eigenvalue weighted by Crippen LogP contribution is 2.29. The van der Waals surface area contributed by atoms with E-state index in [2.05, 4.69) is 57.1 Å². The average molecular weight is 476 g/mol. The summed E-state index contributed by atoms with van der Waals surface area (Å²) in [6.07, 6.45) is 3.36. The fraction of sp³-hybridized carbons (Fsp3) is 0.308.